The SMILES string of the molecule is O=c1/c(=C/c2cn(Cc3ccc(F)cc3)c3ccccc23)sc2nc3ccccc3n12. The second-order valence-corrected chi connectivity index (χ2v) is 8.50. The molecule has 0 saturated carbocycles. The van der Waals surface area contributed by atoms with Gasteiger partial charge in [-0.1, -0.05) is 53.8 Å². The molecule has 4 nitrogen and oxygen atoms in total. The van der Waals surface area contributed by atoms with Crippen molar-refractivity contribution in [2.45, 2.75) is 6.54 Å². The molecule has 6 heteroatoms. The highest BCUT2D eigenvalue weighted by Gasteiger charge is 2.12. The molecule has 0 atom stereocenters. The number of imidazole rings is 1. The molecule has 0 spiro atoms. The van der Waals surface area contributed by atoms with Crippen LogP contribution >= 0.6 is 11.3 Å². The maximum absolute atomic E-state index is 13.3. The number of nitrogens with zero attached hydrogens (tertiary/aromatic N) is 3. The summed E-state index contributed by atoms with van der Waals surface area (Å²) in [6.07, 6.45) is 3.99. The van der Waals surface area contributed by atoms with Gasteiger partial charge in [0.1, 0.15) is 5.82 Å². The third kappa shape index (κ3) is 2.95. The van der Waals surface area contributed by atoms with Crippen molar-refractivity contribution in [1.82, 2.24) is 14.0 Å². The quantitative estimate of drug-likeness (QED) is 0.416. The molecule has 0 unspecified atom stereocenters. The lowest BCUT2D eigenvalue weighted by Crippen LogP contribution is -2.22. The van der Waals surface area contributed by atoms with Gasteiger partial charge in [0, 0.05) is 29.2 Å². The van der Waals surface area contributed by atoms with Gasteiger partial charge in [0.05, 0.1) is 15.6 Å². The Morgan fingerprint density at radius 3 is 2.52 bits per heavy atom. The third-order valence-corrected chi connectivity index (χ3v) is 6.49. The summed E-state index contributed by atoms with van der Waals surface area (Å²) in [5.41, 5.74) is 4.66. The van der Waals surface area contributed by atoms with E-state index in [1.54, 1.807) is 16.5 Å². The number of rotatable bonds is 3. The van der Waals surface area contributed by atoms with Gasteiger partial charge < -0.3 is 4.57 Å². The highest BCUT2D eigenvalue weighted by Crippen LogP contribution is 2.23. The minimum atomic E-state index is -0.242. The Kier molecular flexibility index (Phi) is 4.01. The minimum Gasteiger partial charge on any atom is -0.342 e. The highest BCUT2D eigenvalue weighted by atomic mass is 32.1. The second kappa shape index (κ2) is 6.89. The third-order valence-electron chi connectivity index (χ3n) is 5.52. The molecule has 6 aromatic rings. The smallest absolute Gasteiger partial charge is 0.274 e. The normalized spacial score (nSPS) is 12.5. The van der Waals surface area contributed by atoms with E-state index in [2.05, 4.69) is 21.7 Å². The molecule has 0 aliphatic carbocycles. The van der Waals surface area contributed by atoms with E-state index < -0.39 is 0 Å². The van der Waals surface area contributed by atoms with E-state index >= 15 is 0 Å². The molecule has 31 heavy (non-hydrogen) atoms. The second-order valence-electron chi connectivity index (χ2n) is 7.49. The van der Waals surface area contributed by atoms with Crippen molar-refractivity contribution in [3.63, 3.8) is 0 Å². The number of thiazole rings is 1. The first kappa shape index (κ1) is 18.0. The number of benzene rings is 3. The van der Waals surface area contributed by atoms with E-state index in [-0.39, 0.29) is 11.4 Å². The van der Waals surface area contributed by atoms with Crippen LogP contribution in [0.1, 0.15) is 11.1 Å². The van der Waals surface area contributed by atoms with Gasteiger partial charge in [0.15, 0.2) is 4.96 Å². The zero-order valence-corrected chi connectivity index (χ0v) is 17.1. The molecule has 3 heterocycles. The highest BCUT2D eigenvalue weighted by molar-refractivity contribution is 7.15. The van der Waals surface area contributed by atoms with Crippen LogP contribution in [-0.4, -0.2) is 14.0 Å². The van der Waals surface area contributed by atoms with Crippen molar-refractivity contribution in [3.8, 4) is 0 Å². The summed E-state index contributed by atoms with van der Waals surface area (Å²) in [7, 11) is 0. The Hall–Kier alpha value is -3.77. The van der Waals surface area contributed by atoms with Crippen molar-refractivity contribution in [1.29, 1.82) is 0 Å². The summed E-state index contributed by atoms with van der Waals surface area (Å²) >= 11 is 1.40. The average Bonchev–Trinajstić information content (AvgIpc) is 3.42. The number of para-hydroxylation sites is 3. The molecule has 3 aromatic carbocycles. The molecule has 150 valence electrons. The molecule has 0 saturated heterocycles. The van der Waals surface area contributed by atoms with Crippen LogP contribution in [0.25, 0.3) is 33.0 Å². The number of hydrogen-bond donors (Lipinski definition) is 0. The average molecular weight is 425 g/mol. The Labute approximate surface area is 180 Å². The number of halogens is 1. The van der Waals surface area contributed by atoms with E-state index in [1.165, 1.54) is 23.5 Å². The van der Waals surface area contributed by atoms with Gasteiger partial charge in [-0.2, -0.15) is 0 Å². The Balaban J connectivity index is 1.52. The zero-order chi connectivity index (χ0) is 20.9. The maximum atomic E-state index is 13.3. The van der Waals surface area contributed by atoms with Crippen LogP contribution in [0, 0.1) is 5.82 Å². The van der Waals surface area contributed by atoms with E-state index in [0.29, 0.717) is 16.0 Å². The van der Waals surface area contributed by atoms with Crippen LogP contribution in [-0.2, 0) is 6.54 Å². The standard InChI is InChI=1S/C25H16FN3OS/c26-18-11-9-16(10-12-18)14-28-15-17(19-5-1-3-7-21(19)28)13-23-24(30)29-22-8-4-2-6-20(22)27-25(29)31-23/h1-13,15H,14H2/b23-13-. The molecule has 0 aliphatic rings. The fraction of sp³-hybridized carbons (Fsp3) is 0.0400. The molecular weight excluding hydrogens is 409 g/mol. The number of hydrogen-bond acceptors (Lipinski definition) is 3. The molecule has 3 aromatic heterocycles. The van der Waals surface area contributed by atoms with Crippen LogP contribution < -0.4 is 10.1 Å². The monoisotopic (exact) mass is 425 g/mol. The van der Waals surface area contributed by atoms with E-state index in [9.17, 15) is 9.18 Å². The van der Waals surface area contributed by atoms with E-state index in [0.717, 1.165) is 33.1 Å². The lowest BCUT2D eigenvalue weighted by Gasteiger charge is -2.05. The van der Waals surface area contributed by atoms with E-state index in [1.807, 2.05) is 48.7 Å². The van der Waals surface area contributed by atoms with Crippen molar-refractivity contribution < 1.29 is 4.39 Å². The largest absolute Gasteiger partial charge is 0.342 e. The maximum Gasteiger partial charge on any atom is 0.274 e. The number of fused-ring (bicyclic) bond motifs is 4. The Morgan fingerprint density at radius 2 is 1.68 bits per heavy atom. The predicted molar refractivity (Wildman–Crippen MR) is 123 cm³/mol. The van der Waals surface area contributed by atoms with Crippen LogP contribution in [0.2, 0.25) is 0 Å². The summed E-state index contributed by atoms with van der Waals surface area (Å²) in [6.45, 7) is 0.622. The summed E-state index contributed by atoms with van der Waals surface area (Å²) in [5, 5.41) is 1.07. The van der Waals surface area contributed by atoms with Crippen LogP contribution in [0.15, 0.2) is 83.8 Å². The van der Waals surface area contributed by atoms with Gasteiger partial charge in [-0.15, -0.1) is 0 Å². The zero-order valence-electron chi connectivity index (χ0n) is 16.3. The lowest BCUT2D eigenvalue weighted by atomic mass is 10.2. The molecule has 6 rings (SSSR count). The van der Waals surface area contributed by atoms with E-state index in [4.69, 9.17) is 0 Å². The summed E-state index contributed by atoms with van der Waals surface area (Å²) in [4.78, 5) is 18.4. The van der Waals surface area contributed by atoms with Crippen LogP contribution in [0.5, 0.6) is 0 Å². The molecule has 0 amide bonds. The van der Waals surface area contributed by atoms with Crippen molar-refractivity contribution in [2.24, 2.45) is 0 Å². The fourth-order valence-corrected chi connectivity index (χ4v) is 5.04. The van der Waals surface area contributed by atoms with Crippen molar-refractivity contribution in [3.05, 3.63) is 111 Å². The summed E-state index contributed by atoms with van der Waals surface area (Å²) in [5.74, 6) is -0.242. The van der Waals surface area contributed by atoms with Crippen LogP contribution in [0.3, 0.4) is 0 Å². The molecule has 0 fully saturated rings. The predicted octanol–water partition coefficient (Wildman–Crippen LogP) is 4.60. The first-order valence-corrected chi connectivity index (χ1v) is 10.7. The topological polar surface area (TPSA) is 39.3 Å². The van der Waals surface area contributed by atoms with Gasteiger partial charge in [-0.3, -0.25) is 4.79 Å². The molecular formula is C25H16FN3OS. The molecule has 0 N–H and O–H groups in total. The Morgan fingerprint density at radius 1 is 0.935 bits per heavy atom. The van der Waals surface area contributed by atoms with Gasteiger partial charge >= 0.3 is 0 Å². The van der Waals surface area contributed by atoms with Gasteiger partial charge in [-0.25, -0.2) is 13.8 Å². The first-order valence-electron chi connectivity index (χ1n) is 9.91. The van der Waals surface area contributed by atoms with Gasteiger partial charge in [0.25, 0.3) is 5.56 Å². The molecule has 0 bridgehead atoms. The van der Waals surface area contributed by atoms with Gasteiger partial charge in [0.2, 0.25) is 0 Å². The van der Waals surface area contributed by atoms with Crippen LogP contribution in [0.4, 0.5) is 4.39 Å². The fourth-order valence-electron chi connectivity index (χ4n) is 4.06. The minimum absolute atomic E-state index is 0.0518. The number of aromatic nitrogens is 3. The molecule has 0 aliphatic heterocycles. The summed E-state index contributed by atoms with van der Waals surface area (Å²) < 4.78 is 17.7. The Bertz CT molecular complexity index is 1690. The van der Waals surface area contributed by atoms with Gasteiger partial charge in [-0.05, 0) is 42.0 Å². The summed E-state index contributed by atoms with van der Waals surface area (Å²) in [6, 6.07) is 22.3. The lowest BCUT2D eigenvalue weighted by molar-refractivity contribution is 0.626. The molecule has 0 radical (unpaired) electrons. The van der Waals surface area contributed by atoms with Crippen molar-refractivity contribution in [2.75, 3.05) is 0 Å². The first-order chi connectivity index (χ1) is 15.2. The van der Waals surface area contributed by atoms with Crippen molar-refractivity contribution >= 4 is 44.3 Å².